The molecule has 1 unspecified atom stereocenters. The predicted octanol–water partition coefficient (Wildman–Crippen LogP) is 3.90. The van der Waals surface area contributed by atoms with Crippen LogP contribution in [0.15, 0.2) is 48.5 Å². The second-order valence-electron chi connectivity index (χ2n) is 5.11. The maximum absolute atomic E-state index is 5.52. The summed E-state index contributed by atoms with van der Waals surface area (Å²) in [6.45, 7) is 2.09. The van der Waals surface area contributed by atoms with Crippen molar-refractivity contribution in [3.05, 3.63) is 65.2 Å². The van der Waals surface area contributed by atoms with Gasteiger partial charge in [-0.2, -0.15) is 0 Å². The summed E-state index contributed by atoms with van der Waals surface area (Å²) in [6.07, 6.45) is 2.11. The fourth-order valence-electron chi connectivity index (χ4n) is 2.52. The first-order chi connectivity index (χ1) is 9.74. The van der Waals surface area contributed by atoms with Crippen LogP contribution in [0.25, 0.3) is 0 Å². The summed E-state index contributed by atoms with van der Waals surface area (Å²) in [5, 5.41) is 3.40. The van der Waals surface area contributed by atoms with E-state index in [4.69, 9.17) is 4.74 Å². The number of aryl methyl sites for hydroxylation is 2. The van der Waals surface area contributed by atoms with E-state index in [0.717, 1.165) is 18.6 Å². The van der Waals surface area contributed by atoms with Crippen molar-refractivity contribution in [3.63, 3.8) is 0 Å². The van der Waals surface area contributed by atoms with E-state index in [1.165, 1.54) is 16.7 Å². The van der Waals surface area contributed by atoms with Crippen LogP contribution in [0, 0.1) is 6.92 Å². The van der Waals surface area contributed by atoms with Crippen LogP contribution >= 0.6 is 0 Å². The van der Waals surface area contributed by atoms with Gasteiger partial charge in [0.05, 0.1) is 7.11 Å². The Morgan fingerprint density at radius 3 is 2.50 bits per heavy atom. The predicted molar refractivity (Wildman–Crippen MR) is 84.3 cm³/mol. The molecule has 2 nitrogen and oxygen atoms in total. The number of methoxy groups -OCH3 is 1. The molecule has 2 rings (SSSR count). The molecule has 0 bridgehead atoms. The van der Waals surface area contributed by atoms with Crippen LogP contribution in [0.4, 0.5) is 0 Å². The Kier molecular flexibility index (Phi) is 5.19. The lowest BCUT2D eigenvalue weighted by atomic mass is 9.97. The van der Waals surface area contributed by atoms with E-state index in [1.54, 1.807) is 7.11 Å². The molecule has 0 radical (unpaired) electrons. The second kappa shape index (κ2) is 7.11. The lowest BCUT2D eigenvalue weighted by Crippen LogP contribution is -2.18. The number of ether oxygens (including phenoxy) is 1. The smallest absolute Gasteiger partial charge is 0.123 e. The van der Waals surface area contributed by atoms with Gasteiger partial charge < -0.3 is 10.1 Å². The lowest BCUT2D eigenvalue weighted by molar-refractivity contribution is 0.398. The van der Waals surface area contributed by atoms with Crippen molar-refractivity contribution < 1.29 is 4.74 Å². The fourth-order valence-corrected chi connectivity index (χ4v) is 2.52. The Hall–Kier alpha value is -1.80. The van der Waals surface area contributed by atoms with E-state index in [2.05, 4.69) is 60.8 Å². The molecule has 0 spiro atoms. The zero-order chi connectivity index (χ0) is 14.4. The third-order valence-electron chi connectivity index (χ3n) is 3.68. The van der Waals surface area contributed by atoms with Gasteiger partial charge in [-0.05, 0) is 44.0 Å². The van der Waals surface area contributed by atoms with Gasteiger partial charge in [-0.1, -0.05) is 42.5 Å². The molecular formula is C18H23NO. The summed E-state index contributed by atoms with van der Waals surface area (Å²) in [5.41, 5.74) is 3.83. The van der Waals surface area contributed by atoms with Crippen molar-refractivity contribution in [3.8, 4) is 5.75 Å². The zero-order valence-electron chi connectivity index (χ0n) is 12.5. The molecule has 0 saturated heterocycles. The molecule has 2 heteroatoms. The number of hydrogen-bond donors (Lipinski definition) is 1. The lowest BCUT2D eigenvalue weighted by Gasteiger charge is -2.20. The topological polar surface area (TPSA) is 21.3 Å². The summed E-state index contributed by atoms with van der Waals surface area (Å²) >= 11 is 0. The standard InChI is InChI=1S/C18H23NO/c1-14-9-11-16(18(13-14)20-3)17(19-2)12-10-15-7-5-4-6-8-15/h4-9,11,13,17,19H,10,12H2,1-3H3. The average molecular weight is 269 g/mol. The summed E-state index contributed by atoms with van der Waals surface area (Å²) in [4.78, 5) is 0. The molecule has 106 valence electrons. The maximum Gasteiger partial charge on any atom is 0.123 e. The minimum atomic E-state index is 0.311. The van der Waals surface area contributed by atoms with Gasteiger partial charge in [0.15, 0.2) is 0 Å². The van der Waals surface area contributed by atoms with Gasteiger partial charge in [0.25, 0.3) is 0 Å². The summed E-state index contributed by atoms with van der Waals surface area (Å²) in [7, 11) is 3.75. The highest BCUT2D eigenvalue weighted by Crippen LogP contribution is 2.29. The van der Waals surface area contributed by atoms with E-state index < -0.39 is 0 Å². The molecule has 0 aromatic heterocycles. The molecule has 2 aromatic carbocycles. The third kappa shape index (κ3) is 3.61. The average Bonchev–Trinajstić information content (AvgIpc) is 2.50. The van der Waals surface area contributed by atoms with Crippen molar-refractivity contribution in [2.24, 2.45) is 0 Å². The van der Waals surface area contributed by atoms with E-state index in [1.807, 2.05) is 7.05 Å². The first-order valence-electron chi connectivity index (χ1n) is 7.10. The molecule has 2 aromatic rings. The molecule has 0 saturated carbocycles. The first kappa shape index (κ1) is 14.6. The Labute approximate surface area is 121 Å². The summed E-state index contributed by atoms with van der Waals surface area (Å²) in [5.74, 6) is 0.970. The Morgan fingerprint density at radius 1 is 1.10 bits per heavy atom. The van der Waals surface area contributed by atoms with E-state index in [0.29, 0.717) is 6.04 Å². The molecule has 0 amide bonds. The Bertz CT molecular complexity index is 536. The van der Waals surface area contributed by atoms with Crippen molar-refractivity contribution in [2.75, 3.05) is 14.2 Å². The largest absolute Gasteiger partial charge is 0.496 e. The van der Waals surface area contributed by atoms with Crippen LogP contribution in [-0.2, 0) is 6.42 Å². The van der Waals surface area contributed by atoms with Gasteiger partial charge in [-0.25, -0.2) is 0 Å². The summed E-state index contributed by atoms with van der Waals surface area (Å²) < 4.78 is 5.52. The second-order valence-corrected chi connectivity index (χ2v) is 5.11. The summed E-state index contributed by atoms with van der Waals surface area (Å²) in [6, 6.07) is 17.3. The monoisotopic (exact) mass is 269 g/mol. The van der Waals surface area contributed by atoms with E-state index in [-0.39, 0.29) is 0 Å². The maximum atomic E-state index is 5.52. The minimum absolute atomic E-state index is 0.311. The highest BCUT2D eigenvalue weighted by atomic mass is 16.5. The molecule has 0 aliphatic carbocycles. The van der Waals surface area contributed by atoms with Crippen LogP contribution in [-0.4, -0.2) is 14.2 Å². The molecular weight excluding hydrogens is 246 g/mol. The van der Waals surface area contributed by atoms with Gasteiger partial charge in [0, 0.05) is 11.6 Å². The third-order valence-corrected chi connectivity index (χ3v) is 3.68. The highest BCUT2D eigenvalue weighted by Gasteiger charge is 2.14. The number of benzene rings is 2. The van der Waals surface area contributed by atoms with Crippen molar-refractivity contribution >= 4 is 0 Å². The number of rotatable bonds is 6. The van der Waals surface area contributed by atoms with Crippen LogP contribution < -0.4 is 10.1 Å². The minimum Gasteiger partial charge on any atom is -0.496 e. The van der Waals surface area contributed by atoms with Crippen LogP contribution in [0.3, 0.4) is 0 Å². The quantitative estimate of drug-likeness (QED) is 0.859. The number of hydrogen-bond acceptors (Lipinski definition) is 2. The van der Waals surface area contributed by atoms with Crippen molar-refractivity contribution in [2.45, 2.75) is 25.8 Å². The molecule has 0 fully saturated rings. The molecule has 0 aliphatic rings. The molecule has 0 heterocycles. The van der Waals surface area contributed by atoms with E-state index >= 15 is 0 Å². The fraction of sp³-hybridized carbons (Fsp3) is 0.333. The van der Waals surface area contributed by atoms with Gasteiger partial charge in [-0.15, -0.1) is 0 Å². The molecule has 0 aliphatic heterocycles. The van der Waals surface area contributed by atoms with E-state index in [9.17, 15) is 0 Å². The van der Waals surface area contributed by atoms with Gasteiger partial charge >= 0.3 is 0 Å². The van der Waals surface area contributed by atoms with Gasteiger partial charge in [-0.3, -0.25) is 0 Å². The molecule has 1 atom stereocenters. The Morgan fingerprint density at radius 2 is 1.85 bits per heavy atom. The number of nitrogens with one attached hydrogen (secondary N) is 1. The van der Waals surface area contributed by atoms with Crippen LogP contribution in [0.5, 0.6) is 5.75 Å². The van der Waals surface area contributed by atoms with Gasteiger partial charge in [0.1, 0.15) is 5.75 Å². The molecule has 20 heavy (non-hydrogen) atoms. The normalized spacial score (nSPS) is 12.2. The zero-order valence-corrected chi connectivity index (χ0v) is 12.5. The SMILES string of the molecule is CNC(CCc1ccccc1)c1ccc(C)cc1OC. The van der Waals surface area contributed by atoms with Gasteiger partial charge in [0.2, 0.25) is 0 Å². The van der Waals surface area contributed by atoms with Crippen LogP contribution in [0.1, 0.15) is 29.2 Å². The Balaban J connectivity index is 2.12. The molecule has 1 N–H and O–H groups in total. The van der Waals surface area contributed by atoms with Crippen LogP contribution in [0.2, 0.25) is 0 Å². The highest BCUT2D eigenvalue weighted by molar-refractivity contribution is 5.39. The van der Waals surface area contributed by atoms with Crippen molar-refractivity contribution in [1.82, 2.24) is 5.32 Å². The first-order valence-corrected chi connectivity index (χ1v) is 7.10. The van der Waals surface area contributed by atoms with Crippen molar-refractivity contribution in [1.29, 1.82) is 0 Å².